The summed E-state index contributed by atoms with van der Waals surface area (Å²) in [4.78, 5) is 0. The molecule has 0 heterocycles. The van der Waals surface area contributed by atoms with E-state index in [0.717, 1.165) is 12.8 Å². The summed E-state index contributed by atoms with van der Waals surface area (Å²) in [6.45, 7) is 6.71. The molecule has 2 aliphatic rings. The maximum absolute atomic E-state index is 2.40. The van der Waals surface area contributed by atoms with Gasteiger partial charge in [0.05, 0.1) is 5.41 Å². The number of hydrogen-bond donors (Lipinski definition) is 0. The van der Waals surface area contributed by atoms with Crippen molar-refractivity contribution in [2.75, 3.05) is 0 Å². The molecule has 0 bridgehead atoms. The summed E-state index contributed by atoms with van der Waals surface area (Å²) in [6, 6.07) is 39.2. The van der Waals surface area contributed by atoms with E-state index in [0.29, 0.717) is 0 Å². The van der Waals surface area contributed by atoms with Gasteiger partial charge in [0.2, 0.25) is 0 Å². The average molecular weight is 463 g/mol. The monoisotopic (exact) mass is 462 g/mol. The van der Waals surface area contributed by atoms with Crippen molar-refractivity contribution in [1.29, 1.82) is 0 Å². The van der Waals surface area contributed by atoms with Crippen molar-refractivity contribution in [2.45, 2.75) is 39.0 Å². The lowest BCUT2D eigenvalue weighted by molar-refractivity contribution is 0.716. The van der Waals surface area contributed by atoms with Gasteiger partial charge in [0.15, 0.2) is 0 Å². The van der Waals surface area contributed by atoms with Crippen LogP contribution in [0.25, 0.3) is 11.1 Å². The summed E-state index contributed by atoms with van der Waals surface area (Å²) in [5, 5.41) is 0. The summed E-state index contributed by atoms with van der Waals surface area (Å²) in [5.41, 5.74) is 18.1. The van der Waals surface area contributed by atoms with Crippen molar-refractivity contribution in [1.82, 2.24) is 0 Å². The van der Waals surface area contributed by atoms with Gasteiger partial charge in [-0.05, 0) is 94.8 Å². The van der Waals surface area contributed by atoms with Gasteiger partial charge in [0.1, 0.15) is 0 Å². The SMILES string of the molecule is Cc1cc(C)cc(Cc2cccc3c2-c2cccc(C)c2C32c3ccccc3Cc3ccccc32)c1. The van der Waals surface area contributed by atoms with Crippen LogP contribution in [0.15, 0.2) is 103 Å². The Bertz CT molecular complexity index is 1600. The first-order valence-corrected chi connectivity index (χ1v) is 13.0. The molecule has 1 spiro atoms. The molecule has 7 rings (SSSR count). The number of rotatable bonds is 2. The minimum absolute atomic E-state index is 0.278. The first-order valence-electron chi connectivity index (χ1n) is 13.0. The third kappa shape index (κ3) is 2.88. The van der Waals surface area contributed by atoms with E-state index < -0.39 is 0 Å². The van der Waals surface area contributed by atoms with Gasteiger partial charge in [0, 0.05) is 0 Å². The van der Waals surface area contributed by atoms with Gasteiger partial charge >= 0.3 is 0 Å². The molecule has 174 valence electrons. The maximum atomic E-state index is 2.40. The second kappa shape index (κ2) is 7.80. The molecule has 0 radical (unpaired) electrons. The van der Waals surface area contributed by atoms with E-state index >= 15 is 0 Å². The van der Waals surface area contributed by atoms with E-state index in [1.165, 1.54) is 72.3 Å². The Morgan fingerprint density at radius 1 is 0.611 bits per heavy atom. The largest absolute Gasteiger partial charge is 0.0721 e. The molecule has 5 aromatic rings. The number of fused-ring (bicyclic) bond motifs is 9. The number of benzene rings is 5. The lowest BCUT2D eigenvalue weighted by Gasteiger charge is -2.41. The van der Waals surface area contributed by atoms with Crippen LogP contribution in [0.1, 0.15) is 61.2 Å². The van der Waals surface area contributed by atoms with Crippen molar-refractivity contribution >= 4 is 0 Å². The first kappa shape index (κ1) is 21.4. The molecule has 0 aromatic heterocycles. The van der Waals surface area contributed by atoms with Crippen LogP contribution in [0.4, 0.5) is 0 Å². The Labute approximate surface area is 214 Å². The Morgan fingerprint density at radius 3 is 1.92 bits per heavy atom. The fraction of sp³-hybridized carbons (Fsp3) is 0.167. The molecular weight excluding hydrogens is 432 g/mol. The van der Waals surface area contributed by atoms with Crippen LogP contribution in [0.2, 0.25) is 0 Å². The van der Waals surface area contributed by atoms with Crippen LogP contribution in [0, 0.1) is 20.8 Å². The van der Waals surface area contributed by atoms with Crippen LogP contribution in [0.5, 0.6) is 0 Å². The first-order chi connectivity index (χ1) is 17.6. The molecule has 0 saturated heterocycles. The highest BCUT2D eigenvalue weighted by Gasteiger charge is 2.50. The van der Waals surface area contributed by atoms with Gasteiger partial charge < -0.3 is 0 Å². The lowest BCUT2D eigenvalue weighted by Crippen LogP contribution is -2.34. The van der Waals surface area contributed by atoms with E-state index in [2.05, 4.69) is 124 Å². The van der Waals surface area contributed by atoms with Crippen LogP contribution in [-0.4, -0.2) is 0 Å². The summed E-state index contributed by atoms with van der Waals surface area (Å²) in [5.74, 6) is 0. The Hall–Kier alpha value is -3.90. The Morgan fingerprint density at radius 2 is 1.22 bits per heavy atom. The van der Waals surface area contributed by atoms with Crippen molar-refractivity contribution < 1.29 is 0 Å². The van der Waals surface area contributed by atoms with E-state index in [9.17, 15) is 0 Å². The van der Waals surface area contributed by atoms with Crippen LogP contribution >= 0.6 is 0 Å². The molecule has 0 nitrogen and oxygen atoms in total. The number of hydrogen-bond acceptors (Lipinski definition) is 0. The Kier molecular flexibility index (Phi) is 4.63. The highest BCUT2D eigenvalue weighted by atomic mass is 14.5. The van der Waals surface area contributed by atoms with Crippen molar-refractivity contribution in [3.8, 4) is 11.1 Å². The molecule has 0 atom stereocenters. The van der Waals surface area contributed by atoms with Crippen LogP contribution in [0.3, 0.4) is 0 Å². The molecule has 0 N–H and O–H groups in total. The summed E-state index contributed by atoms with van der Waals surface area (Å²) < 4.78 is 0. The van der Waals surface area contributed by atoms with Gasteiger partial charge in [0.25, 0.3) is 0 Å². The standard InChI is InChI=1S/C36H30/c1-23-18-24(2)20-26(19-23)21-29-13-9-17-33-34(29)30-14-8-10-25(3)35(30)36(33)31-15-6-4-11-27(31)22-28-12-5-7-16-32(28)36/h4-20H,21-22H2,1-3H3. The van der Waals surface area contributed by atoms with Gasteiger partial charge in [-0.25, -0.2) is 0 Å². The van der Waals surface area contributed by atoms with Crippen molar-refractivity contribution in [3.05, 3.63) is 164 Å². The highest BCUT2D eigenvalue weighted by molar-refractivity contribution is 5.90. The zero-order valence-corrected chi connectivity index (χ0v) is 21.2. The summed E-state index contributed by atoms with van der Waals surface area (Å²) >= 11 is 0. The number of aryl methyl sites for hydroxylation is 3. The predicted octanol–water partition coefficient (Wildman–Crippen LogP) is 8.47. The highest BCUT2D eigenvalue weighted by Crippen LogP contribution is 2.60. The minimum atomic E-state index is -0.278. The molecule has 2 aliphatic carbocycles. The smallest absolute Gasteiger partial charge is 0.0620 e. The Balaban J connectivity index is 1.59. The van der Waals surface area contributed by atoms with E-state index in [1.807, 2.05) is 0 Å². The zero-order chi connectivity index (χ0) is 24.4. The topological polar surface area (TPSA) is 0 Å². The molecule has 0 heteroatoms. The fourth-order valence-electron chi connectivity index (χ4n) is 7.27. The van der Waals surface area contributed by atoms with Crippen LogP contribution in [-0.2, 0) is 18.3 Å². The van der Waals surface area contributed by atoms with Gasteiger partial charge in [-0.15, -0.1) is 0 Å². The van der Waals surface area contributed by atoms with E-state index in [4.69, 9.17) is 0 Å². The molecule has 0 unspecified atom stereocenters. The third-order valence-corrected chi connectivity index (χ3v) is 8.37. The van der Waals surface area contributed by atoms with Gasteiger partial charge in [-0.2, -0.15) is 0 Å². The van der Waals surface area contributed by atoms with E-state index in [-0.39, 0.29) is 5.41 Å². The van der Waals surface area contributed by atoms with Gasteiger partial charge in [-0.1, -0.05) is 114 Å². The predicted molar refractivity (Wildman–Crippen MR) is 150 cm³/mol. The molecule has 0 aliphatic heterocycles. The minimum Gasteiger partial charge on any atom is -0.0620 e. The quantitative estimate of drug-likeness (QED) is 0.242. The molecule has 0 fully saturated rings. The summed E-state index contributed by atoms with van der Waals surface area (Å²) in [6.07, 6.45) is 1.94. The van der Waals surface area contributed by atoms with Crippen LogP contribution < -0.4 is 0 Å². The third-order valence-electron chi connectivity index (χ3n) is 8.37. The van der Waals surface area contributed by atoms with Gasteiger partial charge in [-0.3, -0.25) is 0 Å². The van der Waals surface area contributed by atoms with Crippen molar-refractivity contribution in [2.24, 2.45) is 0 Å². The average Bonchev–Trinajstić information content (AvgIpc) is 3.17. The molecule has 36 heavy (non-hydrogen) atoms. The van der Waals surface area contributed by atoms with E-state index in [1.54, 1.807) is 0 Å². The normalized spacial score (nSPS) is 14.2. The fourth-order valence-corrected chi connectivity index (χ4v) is 7.27. The maximum Gasteiger partial charge on any atom is 0.0721 e. The summed E-state index contributed by atoms with van der Waals surface area (Å²) in [7, 11) is 0. The molecule has 0 saturated carbocycles. The molecule has 0 amide bonds. The second-order valence-electron chi connectivity index (χ2n) is 10.8. The zero-order valence-electron chi connectivity index (χ0n) is 21.2. The molecular formula is C36H30. The molecule has 5 aromatic carbocycles. The second-order valence-corrected chi connectivity index (χ2v) is 10.8. The van der Waals surface area contributed by atoms with Crippen molar-refractivity contribution in [3.63, 3.8) is 0 Å². The lowest BCUT2D eigenvalue weighted by atomic mass is 9.61.